The van der Waals surface area contributed by atoms with E-state index in [2.05, 4.69) is 73.6 Å². The second kappa shape index (κ2) is 8.97. The van der Waals surface area contributed by atoms with Crippen molar-refractivity contribution in [1.82, 2.24) is 14.8 Å². The average molecular weight is 404 g/mol. The van der Waals surface area contributed by atoms with Gasteiger partial charge in [-0.25, -0.2) is 0 Å². The quantitative estimate of drug-likeness (QED) is 0.754. The Kier molecular flexibility index (Phi) is 6.84. The van der Waals surface area contributed by atoms with Crippen LogP contribution in [0.15, 0.2) is 29.4 Å². The van der Waals surface area contributed by atoms with Crippen molar-refractivity contribution in [3.8, 4) is 11.4 Å². The maximum absolute atomic E-state index is 5.99. The maximum atomic E-state index is 5.99. The van der Waals surface area contributed by atoms with Gasteiger partial charge in [-0.15, -0.1) is 10.2 Å². The molecule has 1 aliphatic heterocycles. The van der Waals surface area contributed by atoms with Gasteiger partial charge in [0.05, 0.1) is 13.2 Å². The standard InChI is InChI=1S/C22H34N4OS/c1-16(2)13-26-11-12-27-19(14-26)15-28-21-24-23-20(25(21)6)17-7-9-18(10-8-17)22(3,4)5/h7-10,16,19H,11-15H2,1-6H3/p+1/t19-/m0/s1. The highest BCUT2D eigenvalue weighted by Gasteiger charge is 2.25. The predicted molar refractivity (Wildman–Crippen MR) is 116 cm³/mol. The number of hydrogen-bond acceptors (Lipinski definition) is 4. The van der Waals surface area contributed by atoms with Gasteiger partial charge in [-0.05, 0) is 11.0 Å². The molecule has 6 heteroatoms. The van der Waals surface area contributed by atoms with E-state index < -0.39 is 0 Å². The van der Waals surface area contributed by atoms with E-state index in [-0.39, 0.29) is 5.41 Å². The van der Waals surface area contributed by atoms with E-state index in [9.17, 15) is 0 Å². The van der Waals surface area contributed by atoms with Gasteiger partial charge in [-0.2, -0.15) is 0 Å². The van der Waals surface area contributed by atoms with E-state index in [1.54, 1.807) is 16.7 Å². The van der Waals surface area contributed by atoms with Crippen molar-refractivity contribution in [3.63, 3.8) is 0 Å². The van der Waals surface area contributed by atoms with Gasteiger partial charge < -0.3 is 14.2 Å². The number of rotatable bonds is 6. The zero-order valence-corrected chi connectivity index (χ0v) is 19.0. The number of ether oxygens (including phenoxy) is 1. The Morgan fingerprint density at radius 3 is 2.57 bits per heavy atom. The molecule has 2 heterocycles. The Morgan fingerprint density at radius 1 is 1.21 bits per heavy atom. The largest absolute Gasteiger partial charge is 0.366 e. The molecule has 0 radical (unpaired) electrons. The SMILES string of the molecule is CC(C)C[NH+]1CCO[C@H](CSc2nnc(-c3ccc(C(C)(C)C)cc3)n2C)C1. The smallest absolute Gasteiger partial charge is 0.191 e. The van der Waals surface area contributed by atoms with E-state index in [1.165, 1.54) is 12.1 Å². The minimum Gasteiger partial charge on any atom is -0.366 e. The van der Waals surface area contributed by atoms with Gasteiger partial charge >= 0.3 is 0 Å². The van der Waals surface area contributed by atoms with E-state index in [0.717, 1.165) is 47.9 Å². The summed E-state index contributed by atoms with van der Waals surface area (Å²) in [5, 5.41) is 9.82. The maximum Gasteiger partial charge on any atom is 0.191 e. The number of benzene rings is 1. The van der Waals surface area contributed by atoms with E-state index in [0.29, 0.717) is 6.10 Å². The number of nitrogens with one attached hydrogen (secondary N) is 1. The molecule has 1 fully saturated rings. The Labute approximate surface area is 173 Å². The monoisotopic (exact) mass is 403 g/mol. The first-order valence-electron chi connectivity index (χ1n) is 10.3. The second-order valence-electron chi connectivity index (χ2n) is 9.30. The molecular formula is C22H35N4OS+. The summed E-state index contributed by atoms with van der Waals surface area (Å²) in [6.07, 6.45) is 0.290. The van der Waals surface area contributed by atoms with Crippen molar-refractivity contribution < 1.29 is 9.64 Å². The summed E-state index contributed by atoms with van der Waals surface area (Å²) in [5.74, 6) is 2.57. The summed E-state index contributed by atoms with van der Waals surface area (Å²) in [7, 11) is 2.05. The second-order valence-corrected chi connectivity index (χ2v) is 10.3. The first-order chi connectivity index (χ1) is 13.2. The van der Waals surface area contributed by atoms with Crippen molar-refractivity contribution in [2.24, 2.45) is 13.0 Å². The number of morpholine rings is 1. The highest BCUT2D eigenvalue weighted by Crippen LogP contribution is 2.27. The number of quaternary nitrogens is 1. The summed E-state index contributed by atoms with van der Waals surface area (Å²) in [4.78, 5) is 1.66. The Morgan fingerprint density at radius 2 is 1.93 bits per heavy atom. The van der Waals surface area contributed by atoms with Gasteiger partial charge in [0.15, 0.2) is 11.0 Å². The summed E-state index contributed by atoms with van der Waals surface area (Å²) in [5.41, 5.74) is 2.59. The molecule has 0 aliphatic carbocycles. The fourth-order valence-electron chi connectivity index (χ4n) is 3.70. The molecule has 1 unspecified atom stereocenters. The Balaban J connectivity index is 1.62. The first kappa shape index (κ1) is 21.3. The van der Waals surface area contributed by atoms with Crippen LogP contribution < -0.4 is 4.90 Å². The zero-order chi connectivity index (χ0) is 20.3. The van der Waals surface area contributed by atoms with Crippen molar-refractivity contribution in [2.45, 2.75) is 51.3 Å². The number of hydrogen-bond donors (Lipinski definition) is 1. The van der Waals surface area contributed by atoms with Gasteiger partial charge in [0.25, 0.3) is 0 Å². The molecule has 2 aromatic rings. The van der Waals surface area contributed by atoms with Crippen LogP contribution in [0.5, 0.6) is 0 Å². The third kappa shape index (κ3) is 5.37. The number of thioether (sulfide) groups is 1. The minimum atomic E-state index is 0.158. The van der Waals surface area contributed by atoms with Crippen molar-refractivity contribution in [2.75, 3.05) is 32.0 Å². The minimum absolute atomic E-state index is 0.158. The van der Waals surface area contributed by atoms with Crippen LogP contribution >= 0.6 is 11.8 Å². The number of aromatic nitrogens is 3. The molecule has 0 bridgehead atoms. The van der Waals surface area contributed by atoms with Gasteiger partial charge in [0.2, 0.25) is 0 Å². The zero-order valence-electron chi connectivity index (χ0n) is 18.2. The summed E-state index contributed by atoms with van der Waals surface area (Å²) in [6, 6.07) is 8.68. The first-order valence-corrected chi connectivity index (χ1v) is 11.3. The van der Waals surface area contributed by atoms with Crippen LogP contribution in [-0.2, 0) is 17.2 Å². The molecule has 28 heavy (non-hydrogen) atoms. The van der Waals surface area contributed by atoms with E-state index >= 15 is 0 Å². The third-order valence-corrected chi connectivity index (χ3v) is 6.42. The Hall–Kier alpha value is -1.37. The third-order valence-electron chi connectivity index (χ3n) is 5.26. The molecule has 5 nitrogen and oxygen atoms in total. The van der Waals surface area contributed by atoms with Crippen LogP contribution in [0.4, 0.5) is 0 Å². The fourth-order valence-corrected chi connectivity index (χ4v) is 4.63. The summed E-state index contributed by atoms with van der Waals surface area (Å²) in [6.45, 7) is 15.6. The predicted octanol–water partition coefficient (Wildman–Crippen LogP) is 2.81. The summed E-state index contributed by atoms with van der Waals surface area (Å²) >= 11 is 1.75. The van der Waals surface area contributed by atoms with Crippen molar-refractivity contribution in [1.29, 1.82) is 0 Å². The van der Waals surface area contributed by atoms with Crippen LogP contribution in [-0.4, -0.2) is 52.9 Å². The van der Waals surface area contributed by atoms with E-state index in [1.807, 2.05) is 7.05 Å². The number of nitrogens with zero attached hydrogens (tertiary/aromatic N) is 3. The van der Waals surface area contributed by atoms with Crippen LogP contribution in [0, 0.1) is 5.92 Å². The molecule has 0 amide bonds. The average Bonchev–Trinajstić information content (AvgIpc) is 3.00. The lowest BCUT2D eigenvalue weighted by Crippen LogP contribution is -3.15. The molecule has 0 spiro atoms. The normalized spacial score (nSPS) is 20.7. The Bertz CT molecular complexity index is 764. The molecule has 2 atom stereocenters. The van der Waals surface area contributed by atoms with Crippen LogP contribution in [0.3, 0.4) is 0 Å². The molecule has 1 aromatic carbocycles. The molecule has 0 saturated carbocycles. The lowest BCUT2D eigenvalue weighted by Gasteiger charge is -2.30. The topological polar surface area (TPSA) is 44.4 Å². The van der Waals surface area contributed by atoms with Gasteiger partial charge in [0, 0.05) is 24.3 Å². The van der Waals surface area contributed by atoms with Gasteiger partial charge in [-0.3, -0.25) is 0 Å². The molecule has 1 aromatic heterocycles. The van der Waals surface area contributed by atoms with Crippen molar-refractivity contribution >= 4 is 11.8 Å². The van der Waals surface area contributed by atoms with E-state index in [4.69, 9.17) is 4.74 Å². The lowest BCUT2D eigenvalue weighted by molar-refractivity contribution is -0.914. The lowest BCUT2D eigenvalue weighted by atomic mass is 9.87. The van der Waals surface area contributed by atoms with Gasteiger partial charge in [-0.1, -0.05) is 70.6 Å². The highest BCUT2D eigenvalue weighted by molar-refractivity contribution is 7.99. The molecular weight excluding hydrogens is 368 g/mol. The van der Waals surface area contributed by atoms with Gasteiger partial charge in [0.1, 0.15) is 19.2 Å². The molecule has 1 saturated heterocycles. The fraction of sp³-hybridized carbons (Fsp3) is 0.636. The molecule has 1 N–H and O–H groups in total. The molecule has 3 rings (SSSR count). The summed E-state index contributed by atoms with van der Waals surface area (Å²) < 4.78 is 8.08. The molecule has 1 aliphatic rings. The van der Waals surface area contributed by atoms with Crippen molar-refractivity contribution in [3.05, 3.63) is 29.8 Å². The van der Waals surface area contributed by atoms with Crippen LogP contribution in [0.25, 0.3) is 11.4 Å². The highest BCUT2D eigenvalue weighted by atomic mass is 32.2. The van der Waals surface area contributed by atoms with Crippen LogP contribution in [0.2, 0.25) is 0 Å². The van der Waals surface area contributed by atoms with Crippen LogP contribution in [0.1, 0.15) is 40.2 Å². The molecule has 154 valence electrons.